The number of rotatable bonds is 3. The third kappa shape index (κ3) is 3.01. The molecule has 0 bridgehead atoms. The van der Waals surface area contributed by atoms with Gasteiger partial charge < -0.3 is 4.74 Å². The van der Waals surface area contributed by atoms with Gasteiger partial charge in [-0.15, -0.1) is 0 Å². The fraction of sp³-hybridized carbons (Fsp3) is 0.143. The lowest BCUT2D eigenvalue weighted by atomic mass is 10.0. The van der Waals surface area contributed by atoms with Gasteiger partial charge in [0.2, 0.25) is 0 Å². The largest absolute Gasteiger partial charge is 0.497 e. The Kier molecular flexibility index (Phi) is 4.75. The van der Waals surface area contributed by atoms with E-state index in [0.717, 1.165) is 0 Å². The normalized spacial score (nSPS) is 12.3. The van der Waals surface area contributed by atoms with Crippen molar-refractivity contribution in [1.82, 2.24) is 0 Å². The smallest absolute Gasteiger partial charge is 0.133 e. The molecule has 0 radical (unpaired) electrons. The Bertz CT molecular complexity index is 623. The maximum Gasteiger partial charge on any atom is 0.133 e. The first kappa shape index (κ1) is 15.4. The van der Waals surface area contributed by atoms with Crippen LogP contribution in [0.5, 0.6) is 5.75 Å². The van der Waals surface area contributed by atoms with Gasteiger partial charge in [-0.05, 0) is 17.7 Å². The predicted octanol–water partition coefficient (Wildman–Crippen LogP) is 5.36. The van der Waals surface area contributed by atoms with Crippen molar-refractivity contribution < 1.29 is 17.9 Å². The van der Waals surface area contributed by atoms with Crippen LogP contribution in [-0.2, 0) is 0 Å². The Balaban J connectivity index is 2.49. The maximum absolute atomic E-state index is 13.8. The zero-order valence-corrected chi connectivity index (χ0v) is 13.4. The molecule has 1 atom stereocenters. The molecule has 0 amide bonds. The van der Waals surface area contributed by atoms with Gasteiger partial charge in [0.25, 0.3) is 0 Å². The molecule has 2 aromatic rings. The fourth-order valence-corrected chi connectivity index (χ4v) is 3.52. The Morgan fingerprint density at radius 1 is 1.05 bits per heavy atom. The zero-order chi connectivity index (χ0) is 14.9. The predicted molar refractivity (Wildman–Crippen MR) is 77.8 cm³/mol. The number of benzene rings is 2. The Labute approximate surface area is 131 Å². The molecule has 0 aliphatic rings. The summed E-state index contributed by atoms with van der Waals surface area (Å²) in [5.74, 6) is -2.21. The Morgan fingerprint density at radius 2 is 1.65 bits per heavy atom. The molecule has 0 saturated carbocycles. The van der Waals surface area contributed by atoms with Gasteiger partial charge in [-0.1, -0.05) is 37.9 Å². The average Bonchev–Trinajstić information content (AvgIpc) is 2.37. The van der Waals surface area contributed by atoms with Gasteiger partial charge >= 0.3 is 0 Å². The quantitative estimate of drug-likeness (QED) is 0.620. The van der Waals surface area contributed by atoms with E-state index in [0.29, 0.717) is 27.9 Å². The van der Waals surface area contributed by atoms with Crippen molar-refractivity contribution in [2.75, 3.05) is 7.11 Å². The van der Waals surface area contributed by atoms with E-state index < -0.39 is 22.3 Å². The summed E-state index contributed by atoms with van der Waals surface area (Å²) in [6.07, 6.45) is 0. The first-order chi connectivity index (χ1) is 9.43. The highest BCUT2D eigenvalue weighted by Crippen LogP contribution is 2.39. The highest BCUT2D eigenvalue weighted by molar-refractivity contribution is 9.11. The lowest BCUT2D eigenvalue weighted by molar-refractivity contribution is 0.414. The lowest BCUT2D eigenvalue weighted by Crippen LogP contribution is -2.02. The van der Waals surface area contributed by atoms with Crippen LogP contribution >= 0.6 is 31.9 Å². The maximum atomic E-state index is 13.8. The zero-order valence-electron chi connectivity index (χ0n) is 10.3. The summed E-state index contributed by atoms with van der Waals surface area (Å²) in [6, 6.07) is 6.34. The molecule has 6 heteroatoms. The minimum atomic E-state index is -0.947. The molecule has 0 saturated heterocycles. The summed E-state index contributed by atoms with van der Waals surface area (Å²) in [4.78, 5) is -0.747. The molecule has 106 valence electrons. The molecule has 0 heterocycles. The number of methoxy groups -OCH3 is 1. The highest BCUT2D eigenvalue weighted by Gasteiger charge is 2.22. The van der Waals surface area contributed by atoms with Crippen LogP contribution in [0.25, 0.3) is 0 Å². The van der Waals surface area contributed by atoms with Gasteiger partial charge in [0.05, 0.1) is 11.9 Å². The lowest BCUT2D eigenvalue weighted by Gasteiger charge is -2.15. The van der Waals surface area contributed by atoms with Crippen molar-refractivity contribution in [2.45, 2.75) is 4.83 Å². The second-order valence-corrected chi connectivity index (χ2v) is 5.80. The van der Waals surface area contributed by atoms with Gasteiger partial charge in [0, 0.05) is 22.2 Å². The number of hydrogen-bond acceptors (Lipinski definition) is 1. The van der Waals surface area contributed by atoms with Gasteiger partial charge in [-0.3, -0.25) is 0 Å². The Morgan fingerprint density at radius 3 is 2.15 bits per heavy atom. The number of alkyl halides is 1. The van der Waals surface area contributed by atoms with Crippen molar-refractivity contribution in [1.29, 1.82) is 0 Å². The summed E-state index contributed by atoms with van der Waals surface area (Å²) < 4.78 is 46.2. The van der Waals surface area contributed by atoms with E-state index in [4.69, 9.17) is 4.74 Å². The van der Waals surface area contributed by atoms with E-state index in [1.165, 1.54) is 7.11 Å². The molecule has 1 unspecified atom stereocenters. The molecule has 0 spiro atoms. The number of halogens is 5. The minimum Gasteiger partial charge on any atom is -0.497 e. The first-order valence-electron chi connectivity index (χ1n) is 5.56. The summed E-state index contributed by atoms with van der Waals surface area (Å²) in [7, 11) is 1.52. The van der Waals surface area contributed by atoms with E-state index in [-0.39, 0.29) is 5.56 Å². The van der Waals surface area contributed by atoms with Crippen molar-refractivity contribution >= 4 is 31.9 Å². The average molecular weight is 410 g/mol. The van der Waals surface area contributed by atoms with Crippen LogP contribution in [0, 0.1) is 17.5 Å². The van der Waals surface area contributed by atoms with Crippen LogP contribution in [0.15, 0.2) is 34.8 Å². The summed E-state index contributed by atoms with van der Waals surface area (Å²) >= 11 is 6.56. The molecule has 0 aromatic heterocycles. The monoisotopic (exact) mass is 408 g/mol. The number of hydrogen-bond donors (Lipinski definition) is 0. The topological polar surface area (TPSA) is 9.23 Å². The van der Waals surface area contributed by atoms with E-state index in [2.05, 4.69) is 31.9 Å². The molecule has 0 fully saturated rings. The second kappa shape index (κ2) is 6.18. The molecule has 0 aliphatic carbocycles. The van der Waals surface area contributed by atoms with Gasteiger partial charge in [-0.25, -0.2) is 13.2 Å². The van der Waals surface area contributed by atoms with Gasteiger partial charge in [-0.2, -0.15) is 0 Å². The van der Waals surface area contributed by atoms with Gasteiger partial charge in [0.1, 0.15) is 23.2 Å². The van der Waals surface area contributed by atoms with Crippen LogP contribution in [0.2, 0.25) is 0 Å². The first-order valence-corrected chi connectivity index (χ1v) is 7.27. The molecular weight excluding hydrogens is 401 g/mol. The van der Waals surface area contributed by atoms with Crippen LogP contribution in [0.3, 0.4) is 0 Å². The number of ether oxygens (including phenoxy) is 1. The third-order valence-electron chi connectivity index (χ3n) is 2.78. The van der Waals surface area contributed by atoms with E-state index >= 15 is 0 Å². The molecule has 20 heavy (non-hydrogen) atoms. The molecule has 2 rings (SSSR count). The summed E-state index contributed by atoms with van der Waals surface area (Å²) in [6.45, 7) is 0. The molecule has 0 N–H and O–H groups in total. The Hall–Kier alpha value is -1.01. The SMILES string of the molecule is COc1ccc(C(Br)c2c(F)cc(F)cc2F)c(Br)c1. The van der Waals surface area contributed by atoms with Crippen LogP contribution in [0.4, 0.5) is 13.2 Å². The van der Waals surface area contributed by atoms with Crippen LogP contribution in [0.1, 0.15) is 16.0 Å². The molecule has 2 aromatic carbocycles. The van der Waals surface area contributed by atoms with E-state index in [1.807, 2.05) is 0 Å². The minimum absolute atomic E-state index is 0.239. The van der Waals surface area contributed by atoms with Crippen molar-refractivity contribution in [3.8, 4) is 5.75 Å². The van der Waals surface area contributed by atoms with Crippen molar-refractivity contribution in [2.24, 2.45) is 0 Å². The van der Waals surface area contributed by atoms with Crippen molar-refractivity contribution in [3.05, 3.63) is 63.4 Å². The molecule has 1 nitrogen and oxygen atoms in total. The second-order valence-electron chi connectivity index (χ2n) is 4.03. The summed E-state index contributed by atoms with van der Waals surface area (Å²) in [5, 5.41) is 0. The van der Waals surface area contributed by atoms with Gasteiger partial charge in [0.15, 0.2) is 0 Å². The van der Waals surface area contributed by atoms with Crippen molar-refractivity contribution in [3.63, 3.8) is 0 Å². The van der Waals surface area contributed by atoms with E-state index in [9.17, 15) is 13.2 Å². The standard InChI is InChI=1S/C14H9Br2F3O/c1-20-8-2-3-9(10(15)6-8)14(16)13-11(18)4-7(17)5-12(13)19/h2-6,14H,1H3. The third-order valence-corrected chi connectivity index (χ3v) is 4.42. The van der Waals surface area contributed by atoms with Crippen LogP contribution < -0.4 is 4.74 Å². The highest BCUT2D eigenvalue weighted by atomic mass is 79.9. The van der Waals surface area contributed by atoms with E-state index in [1.54, 1.807) is 18.2 Å². The fourth-order valence-electron chi connectivity index (χ4n) is 1.79. The summed E-state index contributed by atoms with van der Waals surface area (Å²) in [5.41, 5.74) is 0.368. The molecular formula is C14H9Br2F3O. The molecule has 0 aliphatic heterocycles. The van der Waals surface area contributed by atoms with Crippen LogP contribution in [-0.4, -0.2) is 7.11 Å².